The van der Waals surface area contributed by atoms with Gasteiger partial charge in [-0.3, -0.25) is 24.6 Å². The third-order valence-electron chi connectivity index (χ3n) is 7.95. The number of Topliss-reactive ketones (excluding diaryl/α,β-unsaturated/α-hetero) is 1. The van der Waals surface area contributed by atoms with E-state index < -0.39 is 29.3 Å². The van der Waals surface area contributed by atoms with Gasteiger partial charge in [-0.25, -0.2) is 0 Å². The number of fused-ring (bicyclic) bond motifs is 1. The molecular formula is C39H27ClF3N5O5. The fourth-order valence-corrected chi connectivity index (χ4v) is 5.43. The number of rotatable bonds is 9. The molecule has 0 aromatic heterocycles. The Morgan fingerprint density at radius 2 is 1.34 bits per heavy atom. The minimum absolute atomic E-state index is 0.00274. The van der Waals surface area contributed by atoms with Gasteiger partial charge >= 0.3 is 6.18 Å². The molecule has 0 saturated heterocycles. The zero-order valence-corrected chi connectivity index (χ0v) is 28.3. The largest absolute Gasteiger partial charge is 0.495 e. The maximum Gasteiger partial charge on any atom is 0.416 e. The summed E-state index contributed by atoms with van der Waals surface area (Å²) in [5.41, 5.74) is 3.62. The fourth-order valence-electron chi connectivity index (χ4n) is 5.26. The summed E-state index contributed by atoms with van der Waals surface area (Å²) < 4.78 is 45.2. The number of hydrazone groups is 1. The van der Waals surface area contributed by atoms with Crippen molar-refractivity contribution in [3.63, 3.8) is 0 Å². The first-order valence-electron chi connectivity index (χ1n) is 15.7. The molecule has 0 aliphatic heterocycles. The molecule has 0 saturated carbocycles. The summed E-state index contributed by atoms with van der Waals surface area (Å²) in [6.07, 6.45) is -3.20. The smallest absolute Gasteiger partial charge is 0.416 e. The lowest BCUT2D eigenvalue weighted by Gasteiger charge is -2.18. The first-order chi connectivity index (χ1) is 25.4. The number of methoxy groups -OCH3 is 1. The molecule has 5 aromatic rings. The van der Waals surface area contributed by atoms with Crippen LogP contribution in [0.4, 0.5) is 35.9 Å². The van der Waals surface area contributed by atoms with Crippen LogP contribution in [0.25, 0.3) is 6.08 Å². The van der Waals surface area contributed by atoms with Gasteiger partial charge in [0.15, 0.2) is 0 Å². The van der Waals surface area contributed by atoms with Crippen molar-refractivity contribution >= 4 is 69.6 Å². The Kier molecular flexibility index (Phi) is 10.4. The number of ether oxygens (including phenoxy) is 1. The van der Waals surface area contributed by atoms with Crippen LogP contribution in [0.15, 0.2) is 126 Å². The molecule has 1 aliphatic rings. The first kappa shape index (κ1) is 36.1. The number of hydrogen-bond acceptors (Lipinski definition) is 7. The average Bonchev–Trinajstić information content (AvgIpc) is 3.15. The Hall–Kier alpha value is -6.73. The number of hydrogen-bond donors (Lipinski definition) is 4. The van der Waals surface area contributed by atoms with Crippen molar-refractivity contribution < 1.29 is 37.1 Å². The topological polar surface area (TPSA) is 138 Å². The number of benzene rings is 5. The van der Waals surface area contributed by atoms with Gasteiger partial charge in [0.05, 0.1) is 34.6 Å². The monoisotopic (exact) mass is 737 g/mol. The van der Waals surface area contributed by atoms with Crippen molar-refractivity contribution in [1.29, 1.82) is 0 Å². The second kappa shape index (κ2) is 15.3. The number of amides is 3. The van der Waals surface area contributed by atoms with Crippen molar-refractivity contribution in [1.82, 2.24) is 0 Å². The molecular weight excluding hydrogens is 711 g/mol. The molecule has 3 amide bonds. The van der Waals surface area contributed by atoms with E-state index in [9.17, 15) is 32.3 Å². The number of nitrogens with zero attached hydrogens (tertiary/aromatic N) is 1. The van der Waals surface area contributed by atoms with Gasteiger partial charge in [0.2, 0.25) is 5.78 Å². The van der Waals surface area contributed by atoms with Crippen LogP contribution in [0.1, 0.15) is 37.4 Å². The number of ketones is 1. The molecule has 266 valence electrons. The highest BCUT2D eigenvalue weighted by molar-refractivity contribution is 6.59. The fraction of sp³-hybridized carbons (Fsp3) is 0.0513. The molecule has 5 aromatic carbocycles. The molecule has 0 radical (unpaired) electrons. The third kappa shape index (κ3) is 8.26. The average molecular weight is 738 g/mol. The van der Waals surface area contributed by atoms with Crippen molar-refractivity contribution in [2.24, 2.45) is 5.10 Å². The zero-order valence-electron chi connectivity index (χ0n) is 27.5. The minimum Gasteiger partial charge on any atom is -0.495 e. The van der Waals surface area contributed by atoms with Crippen LogP contribution >= 0.6 is 11.6 Å². The van der Waals surface area contributed by atoms with Crippen LogP contribution in [0.3, 0.4) is 0 Å². The van der Waals surface area contributed by atoms with Crippen LogP contribution in [-0.2, 0) is 15.8 Å². The Labute approximate surface area is 305 Å². The number of halogens is 4. The Morgan fingerprint density at radius 3 is 2.02 bits per heavy atom. The van der Waals surface area contributed by atoms with Gasteiger partial charge in [0, 0.05) is 28.1 Å². The molecule has 1 aliphatic carbocycles. The third-order valence-corrected chi connectivity index (χ3v) is 8.28. The number of anilines is 4. The predicted octanol–water partition coefficient (Wildman–Crippen LogP) is 8.29. The highest BCUT2D eigenvalue weighted by Gasteiger charge is 2.32. The van der Waals surface area contributed by atoms with Crippen LogP contribution in [0.5, 0.6) is 5.75 Å². The van der Waals surface area contributed by atoms with E-state index in [0.29, 0.717) is 28.1 Å². The summed E-state index contributed by atoms with van der Waals surface area (Å²) in [5.74, 6) is -2.27. The van der Waals surface area contributed by atoms with E-state index in [1.165, 1.54) is 31.4 Å². The summed E-state index contributed by atoms with van der Waals surface area (Å²) in [5, 5.41) is 12.1. The van der Waals surface area contributed by atoms with E-state index in [4.69, 9.17) is 16.3 Å². The van der Waals surface area contributed by atoms with Gasteiger partial charge in [0.25, 0.3) is 17.7 Å². The van der Waals surface area contributed by atoms with Gasteiger partial charge in [-0.2, -0.15) is 18.3 Å². The Bertz CT molecular complexity index is 2310. The summed E-state index contributed by atoms with van der Waals surface area (Å²) in [4.78, 5) is 52.8. The highest BCUT2D eigenvalue weighted by atomic mass is 35.5. The first-order valence-corrected chi connectivity index (χ1v) is 16.1. The van der Waals surface area contributed by atoms with Crippen molar-refractivity contribution in [2.45, 2.75) is 6.18 Å². The minimum atomic E-state index is -4.65. The number of carbonyl (C=O) groups is 4. The van der Waals surface area contributed by atoms with E-state index in [1.54, 1.807) is 78.9 Å². The molecule has 10 nitrogen and oxygen atoms in total. The van der Waals surface area contributed by atoms with Crippen LogP contribution in [0, 0.1) is 0 Å². The lowest BCUT2D eigenvalue weighted by molar-refractivity contribution is -0.137. The summed E-state index contributed by atoms with van der Waals surface area (Å²) in [7, 11) is 1.37. The lowest BCUT2D eigenvalue weighted by Crippen LogP contribution is -2.30. The number of carbonyl (C=O) groups excluding carboxylic acids is 4. The summed E-state index contributed by atoms with van der Waals surface area (Å²) in [6, 6.07) is 28.5. The molecule has 0 bridgehead atoms. The maximum atomic E-state index is 13.8. The molecule has 0 fully saturated rings. The standard InChI is InChI=1S/C39H27ClF3N5O5/c1-53-33-18-11-24(37(51)46-31-21-25(39(41,42)43)12-17-30(31)40)20-32(33)47-48-34-28-10-6-5-9-23(28)19-29(35(34)49)38(52)45-27-15-13-26(14-16-27)44-36(50)22-7-3-2-4-8-22/h2-21,47H,1H3,(H,44,50)(H,45,52)(H,46,51)/b48-34+. The number of alkyl halides is 3. The van der Waals surface area contributed by atoms with Crippen molar-refractivity contribution in [3.8, 4) is 5.75 Å². The molecule has 53 heavy (non-hydrogen) atoms. The summed E-state index contributed by atoms with van der Waals surface area (Å²) in [6.45, 7) is 0. The van der Waals surface area contributed by atoms with Crippen molar-refractivity contribution in [3.05, 3.63) is 154 Å². The van der Waals surface area contributed by atoms with Gasteiger partial charge in [-0.1, -0.05) is 54.1 Å². The van der Waals surface area contributed by atoms with E-state index in [1.807, 2.05) is 0 Å². The van der Waals surface area contributed by atoms with Gasteiger partial charge in [-0.15, -0.1) is 0 Å². The Morgan fingerprint density at radius 1 is 0.698 bits per heavy atom. The van der Waals surface area contributed by atoms with Gasteiger partial charge < -0.3 is 20.7 Å². The normalized spacial score (nSPS) is 13.0. The zero-order chi connectivity index (χ0) is 37.7. The van der Waals surface area contributed by atoms with E-state index in [2.05, 4.69) is 26.5 Å². The predicted molar refractivity (Wildman–Crippen MR) is 196 cm³/mol. The quantitative estimate of drug-likeness (QED) is 0.0888. The van der Waals surface area contributed by atoms with E-state index in [0.717, 1.165) is 18.2 Å². The van der Waals surface area contributed by atoms with Gasteiger partial charge in [0.1, 0.15) is 11.5 Å². The van der Waals surface area contributed by atoms with E-state index in [-0.39, 0.29) is 44.9 Å². The van der Waals surface area contributed by atoms with Crippen LogP contribution in [0.2, 0.25) is 5.02 Å². The molecule has 0 spiro atoms. The summed E-state index contributed by atoms with van der Waals surface area (Å²) >= 11 is 6.06. The van der Waals surface area contributed by atoms with Crippen LogP contribution < -0.4 is 26.1 Å². The molecule has 4 N–H and O–H groups in total. The SMILES string of the molecule is COc1ccc(C(=O)Nc2cc(C(F)(F)F)ccc2Cl)cc1N/N=C1/C(=O)C(C(=O)Nc2ccc(NC(=O)c3ccccc3)cc2)=Cc2ccccc21. The highest BCUT2D eigenvalue weighted by Crippen LogP contribution is 2.34. The molecule has 0 atom stereocenters. The lowest BCUT2D eigenvalue weighted by atomic mass is 9.89. The second-order valence-corrected chi connectivity index (χ2v) is 11.9. The molecule has 14 heteroatoms. The molecule has 6 rings (SSSR count). The number of nitrogens with one attached hydrogen (secondary N) is 4. The van der Waals surface area contributed by atoms with Gasteiger partial charge in [-0.05, 0) is 84.4 Å². The van der Waals surface area contributed by atoms with E-state index >= 15 is 0 Å². The Balaban J connectivity index is 1.20. The maximum absolute atomic E-state index is 13.8. The van der Waals surface area contributed by atoms with Crippen LogP contribution in [-0.4, -0.2) is 36.3 Å². The second-order valence-electron chi connectivity index (χ2n) is 11.5. The molecule has 0 heterocycles. The van der Waals surface area contributed by atoms with Crippen molar-refractivity contribution in [2.75, 3.05) is 28.5 Å². The molecule has 0 unspecified atom stereocenters.